The molecule has 6 nitrogen and oxygen atoms in total. The Hall–Kier alpha value is -1.21. The molecule has 0 bridgehead atoms. The molecule has 1 aliphatic rings. The van der Waals surface area contributed by atoms with Crippen molar-refractivity contribution in [2.24, 2.45) is 0 Å². The second-order valence-electron chi connectivity index (χ2n) is 4.58. The number of rotatable bonds is 5. The molecule has 106 valence electrons. The number of anilines is 1. The smallest absolute Gasteiger partial charge is 0.242 e. The highest BCUT2D eigenvalue weighted by Gasteiger charge is 2.23. The van der Waals surface area contributed by atoms with Crippen molar-refractivity contribution in [1.82, 2.24) is 14.3 Å². The van der Waals surface area contributed by atoms with Crippen LogP contribution in [0.25, 0.3) is 0 Å². The number of hydrogen-bond acceptors (Lipinski definition) is 6. The van der Waals surface area contributed by atoms with Crippen LogP contribution in [0.2, 0.25) is 0 Å². The first kappa shape index (κ1) is 14.2. The normalized spacial score (nSPS) is 16.8. The zero-order valence-corrected chi connectivity index (χ0v) is 12.3. The average molecular weight is 284 g/mol. The highest BCUT2D eigenvalue weighted by atomic mass is 32.1. The summed E-state index contributed by atoms with van der Waals surface area (Å²) >= 11 is 1.34. The standard InChI is InChI=1S/C12H20N4O2S/c1-3-5-15-6-4-7-16(8-11(15)17)12-13-10(9-18-2)14-19-12/h3-9H2,1-2H3. The van der Waals surface area contributed by atoms with Gasteiger partial charge in [0.1, 0.15) is 6.61 Å². The first-order valence-electron chi connectivity index (χ1n) is 6.58. The third-order valence-corrected chi connectivity index (χ3v) is 3.84. The number of amides is 1. The van der Waals surface area contributed by atoms with Crippen LogP contribution in [-0.2, 0) is 16.1 Å². The molecule has 0 saturated carbocycles. The average Bonchev–Trinajstić information content (AvgIpc) is 2.77. The minimum Gasteiger partial charge on any atom is -0.377 e. The van der Waals surface area contributed by atoms with Crippen molar-refractivity contribution in [2.45, 2.75) is 26.4 Å². The first-order valence-corrected chi connectivity index (χ1v) is 7.36. The van der Waals surface area contributed by atoms with Gasteiger partial charge in [0.2, 0.25) is 11.0 Å². The summed E-state index contributed by atoms with van der Waals surface area (Å²) in [6.07, 6.45) is 1.98. The molecule has 1 aliphatic heterocycles. The third kappa shape index (κ3) is 3.63. The van der Waals surface area contributed by atoms with Gasteiger partial charge in [-0.3, -0.25) is 4.79 Å². The lowest BCUT2D eigenvalue weighted by Crippen LogP contribution is -2.37. The van der Waals surface area contributed by atoms with Crippen molar-refractivity contribution in [3.63, 3.8) is 0 Å². The molecular formula is C12H20N4O2S. The molecule has 2 rings (SSSR count). The Labute approximate surface area is 117 Å². The maximum absolute atomic E-state index is 12.1. The van der Waals surface area contributed by atoms with E-state index in [1.165, 1.54) is 11.5 Å². The van der Waals surface area contributed by atoms with Crippen LogP contribution in [0.5, 0.6) is 0 Å². The summed E-state index contributed by atoms with van der Waals surface area (Å²) in [5.74, 6) is 0.868. The molecule has 0 spiro atoms. The van der Waals surface area contributed by atoms with E-state index in [-0.39, 0.29) is 5.91 Å². The van der Waals surface area contributed by atoms with Crippen LogP contribution in [0.4, 0.5) is 5.13 Å². The van der Waals surface area contributed by atoms with Crippen LogP contribution in [0, 0.1) is 0 Å². The van der Waals surface area contributed by atoms with E-state index >= 15 is 0 Å². The van der Waals surface area contributed by atoms with Crippen molar-refractivity contribution in [2.75, 3.05) is 38.2 Å². The van der Waals surface area contributed by atoms with E-state index < -0.39 is 0 Å². The van der Waals surface area contributed by atoms with Crippen LogP contribution in [0.1, 0.15) is 25.6 Å². The van der Waals surface area contributed by atoms with Gasteiger partial charge in [0.15, 0.2) is 5.82 Å². The molecule has 19 heavy (non-hydrogen) atoms. The second-order valence-corrected chi connectivity index (χ2v) is 5.31. The van der Waals surface area contributed by atoms with Gasteiger partial charge in [0.05, 0.1) is 6.54 Å². The SMILES string of the molecule is CCCN1CCCN(c2nc(COC)ns2)CC1=O. The van der Waals surface area contributed by atoms with E-state index in [0.717, 1.165) is 37.6 Å². The van der Waals surface area contributed by atoms with E-state index in [4.69, 9.17) is 4.74 Å². The van der Waals surface area contributed by atoms with Crippen molar-refractivity contribution >= 4 is 22.6 Å². The number of nitrogens with zero attached hydrogens (tertiary/aromatic N) is 4. The lowest BCUT2D eigenvalue weighted by molar-refractivity contribution is -0.129. The summed E-state index contributed by atoms with van der Waals surface area (Å²) in [6.45, 7) is 5.46. The Balaban J connectivity index is 2.02. The fourth-order valence-corrected chi connectivity index (χ4v) is 2.85. The van der Waals surface area contributed by atoms with Gasteiger partial charge in [0.25, 0.3) is 0 Å². The quantitative estimate of drug-likeness (QED) is 0.811. The van der Waals surface area contributed by atoms with Crippen LogP contribution >= 0.6 is 11.5 Å². The zero-order valence-electron chi connectivity index (χ0n) is 11.5. The van der Waals surface area contributed by atoms with Gasteiger partial charge < -0.3 is 14.5 Å². The van der Waals surface area contributed by atoms with Gasteiger partial charge in [-0.25, -0.2) is 4.98 Å². The molecule has 1 aromatic heterocycles. The zero-order chi connectivity index (χ0) is 13.7. The molecule has 0 radical (unpaired) electrons. The lowest BCUT2D eigenvalue weighted by Gasteiger charge is -2.20. The summed E-state index contributed by atoms with van der Waals surface area (Å²) in [7, 11) is 1.62. The highest BCUT2D eigenvalue weighted by molar-refractivity contribution is 7.09. The van der Waals surface area contributed by atoms with Crippen molar-refractivity contribution in [3.05, 3.63) is 5.82 Å². The predicted octanol–water partition coefficient (Wildman–Crippen LogP) is 1.13. The Kier molecular flexibility index (Phi) is 5.09. The van der Waals surface area contributed by atoms with Gasteiger partial charge in [0, 0.05) is 38.3 Å². The largest absolute Gasteiger partial charge is 0.377 e. The molecule has 7 heteroatoms. The number of methoxy groups -OCH3 is 1. The van der Waals surface area contributed by atoms with Crippen molar-refractivity contribution in [1.29, 1.82) is 0 Å². The van der Waals surface area contributed by atoms with Gasteiger partial charge in [-0.05, 0) is 12.8 Å². The van der Waals surface area contributed by atoms with Gasteiger partial charge in [-0.2, -0.15) is 4.37 Å². The molecule has 1 amide bonds. The summed E-state index contributed by atoms with van der Waals surface area (Å²) in [6, 6.07) is 0. The predicted molar refractivity (Wildman–Crippen MR) is 74.3 cm³/mol. The molecule has 0 N–H and O–H groups in total. The van der Waals surface area contributed by atoms with E-state index in [1.54, 1.807) is 7.11 Å². The Morgan fingerprint density at radius 2 is 2.26 bits per heavy atom. The topological polar surface area (TPSA) is 58.6 Å². The lowest BCUT2D eigenvalue weighted by atomic mass is 10.3. The number of hydrogen-bond donors (Lipinski definition) is 0. The molecule has 0 aromatic carbocycles. The highest BCUT2D eigenvalue weighted by Crippen LogP contribution is 2.19. The second kappa shape index (κ2) is 6.81. The fraction of sp³-hybridized carbons (Fsp3) is 0.750. The summed E-state index contributed by atoms with van der Waals surface area (Å²) in [5, 5.41) is 0.818. The summed E-state index contributed by atoms with van der Waals surface area (Å²) < 4.78 is 9.24. The van der Waals surface area contributed by atoms with Crippen LogP contribution < -0.4 is 4.90 Å². The van der Waals surface area contributed by atoms with Crippen LogP contribution in [0.15, 0.2) is 0 Å². The van der Waals surface area contributed by atoms with E-state index in [9.17, 15) is 4.79 Å². The minimum atomic E-state index is 0.183. The maximum atomic E-state index is 12.1. The first-order chi connectivity index (χ1) is 9.24. The van der Waals surface area contributed by atoms with E-state index in [2.05, 4.69) is 16.3 Å². The molecular weight excluding hydrogens is 264 g/mol. The molecule has 1 saturated heterocycles. The fourth-order valence-electron chi connectivity index (χ4n) is 2.15. The number of aromatic nitrogens is 2. The minimum absolute atomic E-state index is 0.183. The summed E-state index contributed by atoms with van der Waals surface area (Å²) in [4.78, 5) is 20.5. The number of carbonyl (C=O) groups is 1. The Bertz CT molecular complexity index is 424. The third-order valence-electron chi connectivity index (χ3n) is 3.03. The van der Waals surface area contributed by atoms with Gasteiger partial charge in [-0.15, -0.1) is 0 Å². The monoisotopic (exact) mass is 284 g/mol. The van der Waals surface area contributed by atoms with Crippen LogP contribution in [0.3, 0.4) is 0 Å². The Morgan fingerprint density at radius 3 is 3.00 bits per heavy atom. The number of carbonyl (C=O) groups excluding carboxylic acids is 1. The number of ether oxygens (including phenoxy) is 1. The molecule has 0 atom stereocenters. The summed E-state index contributed by atoms with van der Waals surface area (Å²) in [5.41, 5.74) is 0. The molecule has 0 aliphatic carbocycles. The van der Waals surface area contributed by atoms with Crippen LogP contribution in [-0.4, -0.2) is 53.5 Å². The molecule has 2 heterocycles. The molecule has 0 unspecified atom stereocenters. The van der Waals surface area contributed by atoms with E-state index in [0.29, 0.717) is 19.0 Å². The van der Waals surface area contributed by atoms with Crippen molar-refractivity contribution in [3.8, 4) is 0 Å². The van der Waals surface area contributed by atoms with E-state index in [1.807, 2.05) is 9.80 Å². The van der Waals surface area contributed by atoms with Gasteiger partial charge >= 0.3 is 0 Å². The maximum Gasteiger partial charge on any atom is 0.242 e. The Morgan fingerprint density at radius 1 is 1.42 bits per heavy atom. The van der Waals surface area contributed by atoms with Gasteiger partial charge in [-0.1, -0.05) is 6.92 Å². The molecule has 1 fully saturated rings. The molecule has 1 aromatic rings. The van der Waals surface area contributed by atoms with Crippen molar-refractivity contribution < 1.29 is 9.53 Å².